The van der Waals surface area contributed by atoms with E-state index in [0.717, 1.165) is 11.3 Å². The number of rotatable bonds is 5. The summed E-state index contributed by atoms with van der Waals surface area (Å²) in [6.07, 6.45) is 0. The van der Waals surface area contributed by atoms with Crippen LogP contribution in [0.15, 0.2) is 47.0 Å². The lowest BCUT2D eigenvalue weighted by Gasteiger charge is -2.06. The zero-order valence-corrected chi connectivity index (χ0v) is 14.0. The SMILES string of the molecule is COC(=O)c1ccc(OC)c(-c2nc(-c3ccc(OC)cc3)no2)c1. The summed E-state index contributed by atoms with van der Waals surface area (Å²) in [7, 11) is 4.44. The Morgan fingerprint density at radius 1 is 1.00 bits per heavy atom. The quantitative estimate of drug-likeness (QED) is 0.659. The first kappa shape index (κ1) is 16.5. The van der Waals surface area contributed by atoms with Crippen molar-refractivity contribution in [2.45, 2.75) is 0 Å². The van der Waals surface area contributed by atoms with Gasteiger partial charge in [0.1, 0.15) is 11.5 Å². The van der Waals surface area contributed by atoms with Crippen molar-refractivity contribution in [2.24, 2.45) is 0 Å². The van der Waals surface area contributed by atoms with Gasteiger partial charge in [0.05, 0.1) is 32.5 Å². The zero-order valence-electron chi connectivity index (χ0n) is 14.0. The van der Waals surface area contributed by atoms with E-state index in [1.807, 2.05) is 24.3 Å². The molecule has 0 fully saturated rings. The van der Waals surface area contributed by atoms with Gasteiger partial charge in [-0.2, -0.15) is 4.98 Å². The first-order chi connectivity index (χ1) is 12.2. The fourth-order valence-corrected chi connectivity index (χ4v) is 2.31. The maximum atomic E-state index is 11.7. The molecule has 0 saturated carbocycles. The van der Waals surface area contributed by atoms with Crippen molar-refractivity contribution in [3.63, 3.8) is 0 Å². The van der Waals surface area contributed by atoms with Gasteiger partial charge >= 0.3 is 5.97 Å². The monoisotopic (exact) mass is 340 g/mol. The number of hydrogen-bond acceptors (Lipinski definition) is 7. The van der Waals surface area contributed by atoms with Crippen LogP contribution in [-0.2, 0) is 4.74 Å². The molecule has 3 rings (SSSR count). The van der Waals surface area contributed by atoms with Gasteiger partial charge in [-0.1, -0.05) is 5.16 Å². The molecule has 25 heavy (non-hydrogen) atoms. The Morgan fingerprint density at radius 3 is 2.40 bits per heavy atom. The first-order valence-corrected chi connectivity index (χ1v) is 7.41. The summed E-state index contributed by atoms with van der Waals surface area (Å²) < 4.78 is 20.5. The van der Waals surface area contributed by atoms with Gasteiger partial charge in [-0.3, -0.25) is 0 Å². The number of esters is 1. The molecule has 0 amide bonds. The minimum absolute atomic E-state index is 0.244. The molecule has 7 heteroatoms. The highest BCUT2D eigenvalue weighted by molar-refractivity contribution is 5.91. The highest BCUT2D eigenvalue weighted by Gasteiger charge is 2.18. The molecule has 0 aliphatic heterocycles. The largest absolute Gasteiger partial charge is 0.497 e. The van der Waals surface area contributed by atoms with E-state index >= 15 is 0 Å². The molecule has 0 spiro atoms. The van der Waals surface area contributed by atoms with Crippen LogP contribution >= 0.6 is 0 Å². The van der Waals surface area contributed by atoms with Crippen molar-refractivity contribution in [2.75, 3.05) is 21.3 Å². The average Bonchev–Trinajstić information content (AvgIpc) is 3.17. The molecule has 0 N–H and O–H groups in total. The summed E-state index contributed by atoms with van der Waals surface area (Å²) >= 11 is 0. The number of benzene rings is 2. The van der Waals surface area contributed by atoms with Gasteiger partial charge in [0.25, 0.3) is 5.89 Å². The molecule has 3 aromatic rings. The first-order valence-electron chi connectivity index (χ1n) is 7.41. The minimum Gasteiger partial charge on any atom is -0.497 e. The maximum absolute atomic E-state index is 11.7. The number of aromatic nitrogens is 2. The third-order valence-corrected chi connectivity index (χ3v) is 3.63. The van der Waals surface area contributed by atoms with Gasteiger partial charge in [0.15, 0.2) is 0 Å². The number of carbonyl (C=O) groups is 1. The smallest absolute Gasteiger partial charge is 0.337 e. The van der Waals surface area contributed by atoms with Crippen LogP contribution in [0.25, 0.3) is 22.8 Å². The molecule has 0 radical (unpaired) electrons. The van der Waals surface area contributed by atoms with Crippen molar-refractivity contribution in [3.8, 4) is 34.3 Å². The highest BCUT2D eigenvalue weighted by Crippen LogP contribution is 2.31. The van der Waals surface area contributed by atoms with Gasteiger partial charge in [-0.25, -0.2) is 4.79 Å². The Morgan fingerprint density at radius 2 is 1.76 bits per heavy atom. The van der Waals surface area contributed by atoms with Crippen LogP contribution in [-0.4, -0.2) is 37.4 Å². The molecule has 1 aromatic heterocycles. The second kappa shape index (κ2) is 7.04. The highest BCUT2D eigenvalue weighted by atomic mass is 16.5. The van der Waals surface area contributed by atoms with Gasteiger partial charge in [-0.05, 0) is 42.5 Å². The van der Waals surface area contributed by atoms with Crippen LogP contribution in [0, 0.1) is 0 Å². The molecule has 0 unspecified atom stereocenters. The summed E-state index contributed by atoms with van der Waals surface area (Å²) in [6.45, 7) is 0. The van der Waals surface area contributed by atoms with Crippen molar-refractivity contribution < 1.29 is 23.5 Å². The van der Waals surface area contributed by atoms with Crippen molar-refractivity contribution in [3.05, 3.63) is 48.0 Å². The predicted octanol–water partition coefficient (Wildman–Crippen LogP) is 3.21. The lowest BCUT2D eigenvalue weighted by atomic mass is 10.1. The predicted molar refractivity (Wildman–Crippen MR) is 89.6 cm³/mol. The van der Waals surface area contributed by atoms with Crippen LogP contribution in [0.1, 0.15) is 10.4 Å². The normalized spacial score (nSPS) is 10.4. The van der Waals surface area contributed by atoms with E-state index in [1.165, 1.54) is 14.2 Å². The summed E-state index contributed by atoms with van der Waals surface area (Å²) in [6, 6.07) is 12.1. The van der Waals surface area contributed by atoms with Crippen molar-refractivity contribution in [1.82, 2.24) is 10.1 Å². The van der Waals surface area contributed by atoms with Crippen LogP contribution < -0.4 is 9.47 Å². The molecule has 0 atom stereocenters. The van der Waals surface area contributed by atoms with Gasteiger partial charge in [0.2, 0.25) is 5.82 Å². The second-order valence-corrected chi connectivity index (χ2v) is 5.06. The van der Waals surface area contributed by atoms with E-state index in [0.29, 0.717) is 22.7 Å². The number of hydrogen-bond donors (Lipinski definition) is 0. The van der Waals surface area contributed by atoms with Crippen LogP contribution in [0.2, 0.25) is 0 Å². The molecule has 7 nitrogen and oxygen atoms in total. The van der Waals surface area contributed by atoms with Crippen LogP contribution in [0.4, 0.5) is 0 Å². The number of nitrogens with zero attached hydrogens (tertiary/aromatic N) is 2. The van der Waals surface area contributed by atoms with Gasteiger partial charge in [0, 0.05) is 5.56 Å². The average molecular weight is 340 g/mol. The summed E-state index contributed by atoms with van der Waals surface area (Å²) in [5.74, 6) is 1.45. The fourth-order valence-electron chi connectivity index (χ4n) is 2.31. The maximum Gasteiger partial charge on any atom is 0.337 e. The Balaban J connectivity index is 1.99. The lowest BCUT2D eigenvalue weighted by molar-refractivity contribution is 0.0600. The molecule has 0 saturated heterocycles. The molecular weight excluding hydrogens is 324 g/mol. The Labute approximate surface area is 144 Å². The lowest BCUT2D eigenvalue weighted by Crippen LogP contribution is -2.02. The fraction of sp³-hybridized carbons (Fsp3) is 0.167. The third kappa shape index (κ3) is 3.30. The molecule has 128 valence electrons. The molecule has 2 aromatic carbocycles. The van der Waals surface area contributed by atoms with E-state index in [9.17, 15) is 4.79 Å². The Hall–Kier alpha value is -3.35. The molecule has 1 heterocycles. The van der Waals surface area contributed by atoms with Crippen LogP contribution in [0.5, 0.6) is 11.5 Å². The van der Waals surface area contributed by atoms with E-state index < -0.39 is 5.97 Å². The van der Waals surface area contributed by atoms with Gasteiger partial charge < -0.3 is 18.7 Å². The molecule has 0 aliphatic rings. The summed E-state index contributed by atoms with van der Waals surface area (Å²) in [5.41, 5.74) is 1.65. The van der Waals surface area contributed by atoms with E-state index in [4.69, 9.17) is 18.7 Å². The van der Waals surface area contributed by atoms with Crippen molar-refractivity contribution >= 4 is 5.97 Å². The Kier molecular flexibility index (Phi) is 4.65. The Bertz CT molecular complexity index is 887. The molecular formula is C18H16N2O5. The molecule has 0 bridgehead atoms. The minimum atomic E-state index is -0.459. The third-order valence-electron chi connectivity index (χ3n) is 3.63. The van der Waals surface area contributed by atoms with Crippen LogP contribution in [0.3, 0.4) is 0 Å². The number of ether oxygens (including phenoxy) is 3. The van der Waals surface area contributed by atoms with Gasteiger partial charge in [-0.15, -0.1) is 0 Å². The van der Waals surface area contributed by atoms with Crippen molar-refractivity contribution in [1.29, 1.82) is 0 Å². The summed E-state index contributed by atoms with van der Waals surface area (Å²) in [4.78, 5) is 16.1. The zero-order chi connectivity index (χ0) is 17.8. The number of methoxy groups -OCH3 is 3. The second-order valence-electron chi connectivity index (χ2n) is 5.06. The van der Waals surface area contributed by atoms with E-state index in [-0.39, 0.29) is 5.89 Å². The topological polar surface area (TPSA) is 83.7 Å². The standard InChI is InChI=1S/C18H16N2O5/c1-22-13-7-4-11(5-8-13)16-19-17(25-20-16)14-10-12(18(21)24-3)6-9-15(14)23-2/h4-10H,1-3H3. The summed E-state index contributed by atoms with van der Waals surface area (Å²) in [5, 5.41) is 3.99. The van der Waals surface area contributed by atoms with E-state index in [1.54, 1.807) is 25.3 Å². The molecule has 0 aliphatic carbocycles. The number of carbonyl (C=O) groups excluding carboxylic acids is 1. The van der Waals surface area contributed by atoms with E-state index in [2.05, 4.69) is 10.1 Å².